The second kappa shape index (κ2) is 8.90. The van der Waals surface area contributed by atoms with Gasteiger partial charge in [-0.15, -0.1) is 0 Å². The van der Waals surface area contributed by atoms with Gasteiger partial charge in [0.25, 0.3) is 0 Å². The fourth-order valence-corrected chi connectivity index (χ4v) is 4.04. The number of carbonyl (C=O) groups is 2. The van der Waals surface area contributed by atoms with Crippen molar-refractivity contribution in [2.24, 2.45) is 13.0 Å². The van der Waals surface area contributed by atoms with Gasteiger partial charge in [0.1, 0.15) is 5.82 Å². The molecule has 7 heteroatoms. The van der Waals surface area contributed by atoms with Gasteiger partial charge in [-0.05, 0) is 43.9 Å². The molecule has 0 bridgehead atoms. The summed E-state index contributed by atoms with van der Waals surface area (Å²) in [4.78, 5) is 27.1. The van der Waals surface area contributed by atoms with E-state index in [1.807, 2.05) is 50.1 Å². The fraction of sp³-hybridized carbons (Fsp3) is 0.476. The number of carbonyl (C=O) groups excluding carboxylic acids is 2. The minimum absolute atomic E-state index is 0.0460. The number of aromatic nitrogens is 2. The molecule has 2 heterocycles. The van der Waals surface area contributed by atoms with Gasteiger partial charge in [0.2, 0.25) is 11.8 Å². The first-order chi connectivity index (χ1) is 13.4. The topological polar surface area (TPSA) is 67.2 Å². The number of likely N-dealkylation sites (tertiary alicyclic amines) is 1. The minimum atomic E-state index is -0.192. The maximum atomic E-state index is 13.0. The Hall–Kier alpha value is -2.15. The predicted molar refractivity (Wildman–Crippen MR) is 114 cm³/mol. The Morgan fingerprint density at radius 2 is 2.00 bits per heavy atom. The summed E-state index contributed by atoms with van der Waals surface area (Å²) in [7, 11) is 1.84. The van der Waals surface area contributed by atoms with Crippen molar-refractivity contribution >= 4 is 33.6 Å². The monoisotopic (exact) mass is 446 g/mol. The molecule has 3 rings (SSSR count). The number of piperidine rings is 1. The van der Waals surface area contributed by atoms with Gasteiger partial charge in [-0.25, -0.2) is 0 Å². The average Bonchev–Trinajstić information content (AvgIpc) is 2.96. The molecule has 6 nitrogen and oxygen atoms in total. The van der Waals surface area contributed by atoms with E-state index in [0.29, 0.717) is 18.8 Å². The van der Waals surface area contributed by atoms with Gasteiger partial charge in [-0.2, -0.15) is 5.10 Å². The first-order valence-electron chi connectivity index (χ1n) is 9.78. The van der Waals surface area contributed by atoms with E-state index in [9.17, 15) is 9.59 Å². The molecule has 2 aromatic rings. The van der Waals surface area contributed by atoms with E-state index in [1.165, 1.54) is 0 Å². The van der Waals surface area contributed by atoms with Crippen molar-refractivity contribution in [1.29, 1.82) is 0 Å². The molecule has 0 saturated carbocycles. The maximum absolute atomic E-state index is 13.0. The summed E-state index contributed by atoms with van der Waals surface area (Å²) in [5.74, 6) is 0.603. The molecule has 1 fully saturated rings. The van der Waals surface area contributed by atoms with Crippen LogP contribution in [0.25, 0.3) is 11.1 Å². The van der Waals surface area contributed by atoms with E-state index < -0.39 is 0 Å². The van der Waals surface area contributed by atoms with Crippen LogP contribution >= 0.6 is 15.9 Å². The Morgan fingerprint density at radius 1 is 1.29 bits per heavy atom. The summed E-state index contributed by atoms with van der Waals surface area (Å²) in [5.41, 5.74) is 2.80. The zero-order valence-electron chi connectivity index (χ0n) is 16.7. The molecule has 28 heavy (non-hydrogen) atoms. The lowest BCUT2D eigenvalue weighted by Gasteiger charge is -2.32. The SMILES string of the molecule is CCCC(=O)N1CCCC(C(=O)Nc2c(-c3ccc(Br)cc3)c(C)nn2C)C1. The number of hydrogen-bond acceptors (Lipinski definition) is 3. The summed E-state index contributed by atoms with van der Waals surface area (Å²) in [6.45, 7) is 5.19. The standard InChI is InChI=1S/C21H27BrN4O2/c1-4-6-18(27)26-12-5-7-16(13-26)21(28)23-20-19(14(2)24-25(20)3)15-8-10-17(22)11-9-15/h8-11,16H,4-7,12-13H2,1-3H3,(H,23,28). The maximum Gasteiger partial charge on any atom is 0.230 e. The number of nitrogens with zero attached hydrogens (tertiary/aromatic N) is 3. The number of hydrogen-bond donors (Lipinski definition) is 1. The van der Waals surface area contributed by atoms with E-state index in [0.717, 1.165) is 47.1 Å². The number of halogens is 1. The van der Waals surface area contributed by atoms with Crippen LogP contribution in [0, 0.1) is 12.8 Å². The van der Waals surface area contributed by atoms with Gasteiger partial charge in [0.05, 0.1) is 11.6 Å². The van der Waals surface area contributed by atoms with Gasteiger partial charge in [-0.3, -0.25) is 14.3 Å². The third-order valence-electron chi connectivity index (χ3n) is 5.21. The Labute approximate surface area is 174 Å². The highest BCUT2D eigenvalue weighted by molar-refractivity contribution is 9.10. The van der Waals surface area contributed by atoms with Crippen molar-refractivity contribution in [3.8, 4) is 11.1 Å². The van der Waals surface area contributed by atoms with Crippen molar-refractivity contribution in [3.63, 3.8) is 0 Å². The molecule has 0 aliphatic carbocycles. The number of amides is 2. The van der Waals surface area contributed by atoms with Crippen molar-refractivity contribution in [2.45, 2.75) is 39.5 Å². The molecule has 1 aliphatic rings. The number of aryl methyl sites for hydroxylation is 2. The molecule has 1 aliphatic heterocycles. The van der Waals surface area contributed by atoms with Crippen LogP contribution in [-0.2, 0) is 16.6 Å². The van der Waals surface area contributed by atoms with Crippen LogP contribution in [0.2, 0.25) is 0 Å². The normalized spacial score (nSPS) is 16.9. The molecule has 2 amide bonds. The molecular formula is C21H27BrN4O2. The average molecular weight is 447 g/mol. The highest BCUT2D eigenvalue weighted by atomic mass is 79.9. The van der Waals surface area contributed by atoms with E-state index in [-0.39, 0.29) is 17.7 Å². The summed E-state index contributed by atoms with van der Waals surface area (Å²) < 4.78 is 2.72. The summed E-state index contributed by atoms with van der Waals surface area (Å²) in [6, 6.07) is 7.97. The van der Waals surface area contributed by atoms with Gasteiger partial charge in [-0.1, -0.05) is 35.0 Å². The second-order valence-electron chi connectivity index (χ2n) is 7.36. The van der Waals surface area contributed by atoms with Crippen LogP contribution in [0.5, 0.6) is 0 Å². The zero-order valence-corrected chi connectivity index (χ0v) is 18.3. The smallest absolute Gasteiger partial charge is 0.230 e. The van der Waals surface area contributed by atoms with Crippen LogP contribution < -0.4 is 5.32 Å². The Balaban J connectivity index is 1.79. The lowest BCUT2D eigenvalue weighted by Crippen LogP contribution is -2.43. The van der Waals surface area contributed by atoms with Crippen molar-refractivity contribution in [3.05, 3.63) is 34.4 Å². The molecule has 150 valence electrons. The van der Waals surface area contributed by atoms with Crippen LogP contribution in [-0.4, -0.2) is 39.6 Å². The van der Waals surface area contributed by atoms with Crippen LogP contribution in [0.4, 0.5) is 5.82 Å². The van der Waals surface area contributed by atoms with Crippen molar-refractivity contribution in [1.82, 2.24) is 14.7 Å². The lowest BCUT2D eigenvalue weighted by molar-refractivity contribution is -0.134. The van der Waals surface area contributed by atoms with E-state index in [1.54, 1.807) is 4.68 Å². The zero-order chi connectivity index (χ0) is 20.3. The van der Waals surface area contributed by atoms with Crippen LogP contribution in [0.15, 0.2) is 28.7 Å². The van der Waals surface area contributed by atoms with Gasteiger partial charge in [0, 0.05) is 36.6 Å². The number of benzene rings is 1. The molecule has 0 radical (unpaired) electrons. The van der Waals surface area contributed by atoms with E-state index >= 15 is 0 Å². The minimum Gasteiger partial charge on any atom is -0.342 e. The van der Waals surface area contributed by atoms with Crippen LogP contribution in [0.3, 0.4) is 0 Å². The van der Waals surface area contributed by atoms with Gasteiger partial charge in [0.15, 0.2) is 0 Å². The number of rotatable bonds is 5. The molecule has 1 aromatic carbocycles. The molecule has 1 atom stereocenters. The molecule has 1 saturated heterocycles. The van der Waals surface area contributed by atoms with Gasteiger partial charge < -0.3 is 10.2 Å². The molecule has 1 unspecified atom stereocenters. The summed E-state index contributed by atoms with van der Waals surface area (Å²) in [5, 5.41) is 7.59. The third kappa shape index (κ3) is 4.46. The Morgan fingerprint density at radius 3 is 2.68 bits per heavy atom. The highest BCUT2D eigenvalue weighted by Crippen LogP contribution is 2.32. The quantitative estimate of drug-likeness (QED) is 0.750. The van der Waals surface area contributed by atoms with E-state index in [4.69, 9.17) is 0 Å². The number of nitrogens with one attached hydrogen (secondary N) is 1. The predicted octanol–water partition coefficient (Wildman–Crippen LogP) is 4.14. The molecule has 1 aromatic heterocycles. The molecule has 0 spiro atoms. The summed E-state index contributed by atoms with van der Waals surface area (Å²) in [6.07, 6.45) is 3.03. The summed E-state index contributed by atoms with van der Waals surface area (Å²) >= 11 is 3.46. The third-order valence-corrected chi connectivity index (χ3v) is 5.73. The first kappa shape index (κ1) is 20.6. The van der Waals surface area contributed by atoms with Crippen molar-refractivity contribution < 1.29 is 9.59 Å². The van der Waals surface area contributed by atoms with E-state index in [2.05, 4.69) is 26.3 Å². The lowest BCUT2D eigenvalue weighted by atomic mass is 9.96. The largest absolute Gasteiger partial charge is 0.342 e. The van der Waals surface area contributed by atoms with Gasteiger partial charge >= 0.3 is 0 Å². The fourth-order valence-electron chi connectivity index (χ4n) is 3.77. The molecular weight excluding hydrogens is 420 g/mol. The first-order valence-corrected chi connectivity index (χ1v) is 10.6. The second-order valence-corrected chi connectivity index (χ2v) is 8.27. The highest BCUT2D eigenvalue weighted by Gasteiger charge is 2.29. The van der Waals surface area contributed by atoms with Crippen molar-refractivity contribution in [2.75, 3.05) is 18.4 Å². The van der Waals surface area contributed by atoms with Crippen LogP contribution in [0.1, 0.15) is 38.3 Å². The molecule has 1 N–H and O–H groups in total. The Kier molecular flexibility index (Phi) is 6.54. The Bertz CT molecular complexity index is 860. The number of anilines is 1.